The summed E-state index contributed by atoms with van der Waals surface area (Å²) in [6.45, 7) is 9.04. The Bertz CT molecular complexity index is 2600. The second-order valence-corrected chi connectivity index (χ2v) is 16.9. The van der Waals surface area contributed by atoms with E-state index in [-0.39, 0.29) is 11.3 Å². The number of hydrogen-bond donors (Lipinski definition) is 1. The number of rotatable bonds is 33. The van der Waals surface area contributed by atoms with Gasteiger partial charge in [0.15, 0.2) is 0 Å². The zero-order valence-electron chi connectivity index (χ0n) is 41.1. The first-order valence-corrected chi connectivity index (χ1v) is 24.6. The van der Waals surface area contributed by atoms with Crippen LogP contribution in [0.5, 0.6) is 17.2 Å². The van der Waals surface area contributed by atoms with Gasteiger partial charge in [-0.1, -0.05) is 62.8 Å². The van der Waals surface area contributed by atoms with E-state index < -0.39 is 29.0 Å². The molecule has 0 aliphatic heterocycles. The van der Waals surface area contributed by atoms with E-state index in [2.05, 4.69) is 23.4 Å². The highest BCUT2D eigenvalue weighted by Gasteiger charge is 2.22. The number of aryl methyl sites for hydroxylation is 1. The fraction of sp³-hybridized carbons (Fsp3) is 0.333. The number of benzene rings is 5. The first-order chi connectivity index (χ1) is 35.5. The molecule has 0 bridgehead atoms. The van der Waals surface area contributed by atoms with Crippen LogP contribution in [0.2, 0.25) is 0 Å². The summed E-state index contributed by atoms with van der Waals surface area (Å²) >= 11 is 0. The topological polar surface area (TPSA) is 212 Å². The molecule has 1 N–H and O–H groups in total. The fourth-order valence-electron chi connectivity index (χ4n) is 7.63. The standard InChI is InChI=1S/C57H63N3O13/c1-3-53(61)71-38-16-10-8-14-36-68-49-29-19-42(20-30-49)45-40-44(18-12-6-5-7-13-35-70-51-33-25-47(26-34-51)59-58-46-23-27-48(28-24-46)60(66)67)55(52(41-45)56(63)73-57(64)65)43-21-31-50(32-22-43)69-37-15-9-11-17-39-72-54(62)4-2/h3-4,19-34,40-41H,1-2,5-18,35-39H2,(H,64,65). The number of carboxylic acid groups (broad SMARTS) is 1. The lowest BCUT2D eigenvalue weighted by molar-refractivity contribution is -0.384. The van der Waals surface area contributed by atoms with Crippen LogP contribution < -0.4 is 14.2 Å². The number of hydrogen-bond acceptors (Lipinski definition) is 14. The van der Waals surface area contributed by atoms with Crippen molar-refractivity contribution in [3.05, 3.63) is 156 Å². The minimum absolute atomic E-state index is 0.0152. The Morgan fingerprint density at radius 1 is 0.521 bits per heavy atom. The third-order valence-electron chi connectivity index (χ3n) is 11.4. The molecular weight excluding hydrogens is 935 g/mol. The van der Waals surface area contributed by atoms with E-state index in [1.54, 1.807) is 18.2 Å². The lowest BCUT2D eigenvalue weighted by atomic mass is 9.87. The number of nitro groups is 1. The Balaban J connectivity index is 1.21. The fourth-order valence-corrected chi connectivity index (χ4v) is 7.63. The molecule has 0 unspecified atom stereocenters. The summed E-state index contributed by atoms with van der Waals surface area (Å²) < 4.78 is 32.8. The maximum atomic E-state index is 13.7. The molecule has 0 fully saturated rings. The first kappa shape index (κ1) is 55.8. The van der Waals surface area contributed by atoms with Crippen molar-refractivity contribution in [2.24, 2.45) is 10.2 Å². The summed E-state index contributed by atoms with van der Waals surface area (Å²) in [6.07, 6.45) is 12.4. The summed E-state index contributed by atoms with van der Waals surface area (Å²) in [5, 5.41) is 28.8. The Labute approximate surface area is 425 Å². The summed E-state index contributed by atoms with van der Waals surface area (Å²) in [5.41, 5.74) is 4.91. The van der Waals surface area contributed by atoms with E-state index in [4.69, 9.17) is 28.4 Å². The zero-order chi connectivity index (χ0) is 52.0. The van der Waals surface area contributed by atoms with Crippen molar-refractivity contribution in [1.82, 2.24) is 0 Å². The van der Waals surface area contributed by atoms with Crippen molar-refractivity contribution in [1.29, 1.82) is 0 Å². The highest BCUT2D eigenvalue weighted by atomic mass is 16.7. The molecule has 0 radical (unpaired) electrons. The number of nitrogens with zero attached hydrogens (tertiary/aromatic N) is 3. The summed E-state index contributed by atoms with van der Waals surface area (Å²) in [6, 6.07) is 31.7. The lowest BCUT2D eigenvalue weighted by Gasteiger charge is -2.18. The molecule has 5 aromatic rings. The number of ether oxygens (including phenoxy) is 6. The molecule has 0 saturated carbocycles. The van der Waals surface area contributed by atoms with Crippen molar-refractivity contribution in [2.75, 3.05) is 33.0 Å². The number of esters is 3. The van der Waals surface area contributed by atoms with E-state index in [0.717, 1.165) is 112 Å². The second-order valence-electron chi connectivity index (χ2n) is 16.9. The third-order valence-corrected chi connectivity index (χ3v) is 11.4. The molecule has 73 heavy (non-hydrogen) atoms. The van der Waals surface area contributed by atoms with Gasteiger partial charge < -0.3 is 33.5 Å². The van der Waals surface area contributed by atoms with Crippen LogP contribution in [0.3, 0.4) is 0 Å². The Morgan fingerprint density at radius 2 is 0.932 bits per heavy atom. The molecule has 0 aliphatic rings. The molecule has 16 nitrogen and oxygen atoms in total. The van der Waals surface area contributed by atoms with E-state index in [1.807, 2.05) is 66.7 Å². The Hall–Kier alpha value is -8.14. The molecule has 0 heterocycles. The minimum Gasteiger partial charge on any atom is -0.494 e. The molecule has 5 aromatic carbocycles. The van der Waals surface area contributed by atoms with Crippen molar-refractivity contribution in [2.45, 2.75) is 89.9 Å². The van der Waals surface area contributed by atoms with Crippen LogP contribution in [-0.2, 0) is 30.2 Å². The average molecular weight is 998 g/mol. The van der Waals surface area contributed by atoms with Crippen LogP contribution in [0, 0.1) is 10.1 Å². The highest BCUT2D eigenvalue weighted by molar-refractivity contribution is 6.03. The molecule has 0 atom stereocenters. The van der Waals surface area contributed by atoms with Gasteiger partial charge in [0.05, 0.1) is 54.9 Å². The van der Waals surface area contributed by atoms with Gasteiger partial charge in [0, 0.05) is 24.3 Å². The molecule has 384 valence electrons. The largest absolute Gasteiger partial charge is 0.513 e. The SMILES string of the molecule is C=CC(=O)OCCCCCCOc1ccc(-c2cc(CCCCCCCOc3ccc(N=Nc4ccc([N+](=O)[O-])cc4)cc3)c(-c3ccc(OCCCCCCOC(=O)C=C)cc3)c(C(=O)OC(=O)O)c2)cc1. The average Bonchev–Trinajstić information content (AvgIpc) is 3.40. The predicted molar refractivity (Wildman–Crippen MR) is 277 cm³/mol. The van der Waals surface area contributed by atoms with Gasteiger partial charge in [-0.2, -0.15) is 10.2 Å². The molecule has 5 rings (SSSR count). The third kappa shape index (κ3) is 20.2. The van der Waals surface area contributed by atoms with E-state index >= 15 is 0 Å². The minimum atomic E-state index is -1.70. The van der Waals surface area contributed by atoms with Gasteiger partial charge in [0.1, 0.15) is 17.2 Å². The van der Waals surface area contributed by atoms with Gasteiger partial charge in [-0.3, -0.25) is 10.1 Å². The van der Waals surface area contributed by atoms with Gasteiger partial charge in [0.25, 0.3) is 5.69 Å². The van der Waals surface area contributed by atoms with Crippen LogP contribution in [-0.4, -0.2) is 67.1 Å². The highest BCUT2D eigenvalue weighted by Crippen LogP contribution is 2.36. The Kier molecular flexibility index (Phi) is 23.9. The van der Waals surface area contributed by atoms with Crippen LogP contribution in [0.15, 0.2) is 145 Å². The number of unbranched alkanes of at least 4 members (excludes halogenated alkanes) is 10. The number of azo groups is 1. The predicted octanol–water partition coefficient (Wildman–Crippen LogP) is 14.1. The normalized spacial score (nSPS) is 10.8. The molecular formula is C57H63N3O13. The van der Waals surface area contributed by atoms with Gasteiger partial charge in [-0.25, -0.2) is 19.2 Å². The monoisotopic (exact) mass is 997 g/mol. The lowest BCUT2D eigenvalue weighted by Crippen LogP contribution is -2.13. The second kappa shape index (κ2) is 31.2. The quantitative estimate of drug-likeness (QED) is 0.00606. The van der Waals surface area contributed by atoms with Crippen molar-refractivity contribution in [3.8, 4) is 39.5 Å². The number of carbonyl (C=O) groups is 4. The molecule has 0 amide bonds. The van der Waals surface area contributed by atoms with E-state index in [0.29, 0.717) is 79.2 Å². The van der Waals surface area contributed by atoms with E-state index in [1.165, 1.54) is 24.3 Å². The van der Waals surface area contributed by atoms with Gasteiger partial charge in [-0.15, -0.1) is 0 Å². The molecule has 0 aromatic heterocycles. The van der Waals surface area contributed by atoms with Gasteiger partial charge >= 0.3 is 24.1 Å². The van der Waals surface area contributed by atoms with E-state index in [9.17, 15) is 34.4 Å². The smallest absolute Gasteiger partial charge is 0.494 e. The summed E-state index contributed by atoms with van der Waals surface area (Å²) in [5.74, 6) is 0.202. The molecule has 0 aliphatic carbocycles. The van der Waals surface area contributed by atoms with Crippen LogP contribution in [0.4, 0.5) is 21.9 Å². The Morgan fingerprint density at radius 3 is 1.38 bits per heavy atom. The van der Waals surface area contributed by atoms with Gasteiger partial charge in [0.2, 0.25) is 0 Å². The van der Waals surface area contributed by atoms with Gasteiger partial charge in [-0.05, 0) is 165 Å². The van der Waals surface area contributed by atoms with Crippen LogP contribution in [0.25, 0.3) is 22.3 Å². The van der Waals surface area contributed by atoms with Crippen molar-refractivity contribution in [3.63, 3.8) is 0 Å². The summed E-state index contributed by atoms with van der Waals surface area (Å²) in [7, 11) is 0. The number of carbonyl (C=O) groups excluding carboxylic acids is 3. The van der Waals surface area contributed by atoms with Crippen molar-refractivity contribution < 1.29 is 57.6 Å². The number of non-ortho nitro benzene ring substituents is 1. The van der Waals surface area contributed by atoms with Crippen LogP contribution >= 0.6 is 0 Å². The van der Waals surface area contributed by atoms with Crippen molar-refractivity contribution >= 4 is 41.1 Å². The van der Waals surface area contributed by atoms with Crippen LogP contribution in [0.1, 0.15) is 99.4 Å². The molecule has 16 heteroatoms. The number of nitro benzene ring substituents is 1. The molecule has 0 spiro atoms. The first-order valence-electron chi connectivity index (χ1n) is 24.6. The summed E-state index contributed by atoms with van der Waals surface area (Å²) in [4.78, 5) is 58.3. The zero-order valence-corrected chi connectivity index (χ0v) is 41.1. The maximum absolute atomic E-state index is 13.7. The molecule has 0 saturated heterocycles. The maximum Gasteiger partial charge on any atom is 0.513 e.